The molecular formula is C16H28N2O3. The molecule has 1 aliphatic carbocycles. The Morgan fingerprint density at radius 2 is 1.90 bits per heavy atom. The van der Waals surface area contributed by atoms with E-state index in [1.54, 1.807) is 4.90 Å². The van der Waals surface area contributed by atoms with Gasteiger partial charge in [-0.15, -0.1) is 0 Å². The van der Waals surface area contributed by atoms with Gasteiger partial charge in [0.15, 0.2) is 0 Å². The zero-order chi connectivity index (χ0) is 15.2. The lowest BCUT2D eigenvalue weighted by molar-refractivity contribution is -0.138. The first-order valence-electron chi connectivity index (χ1n) is 8.35. The maximum atomic E-state index is 12.5. The Labute approximate surface area is 127 Å². The molecule has 1 heterocycles. The van der Waals surface area contributed by atoms with Crippen molar-refractivity contribution in [1.29, 1.82) is 0 Å². The van der Waals surface area contributed by atoms with Gasteiger partial charge in [0, 0.05) is 18.6 Å². The van der Waals surface area contributed by atoms with E-state index >= 15 is 0 Å². The van der Waals surface area contributed by atoms with E-state index in [0.717, 1.165) is 38.0 Å². The minimum Gasteiger partial charge on any atom is -0.481 e. The summed E-state index contributed by atoms with van der Waals surface area (Å²) in [5, 5.41) is 12.1. The van der Waals surface area contributed by atoms with Gasteiger partial charge in [-0.3, -0.25) is 4.79 Å². The summed E-state index contributed by atoms with van der Waals surface area (Å²) in [6, 6.07) is 0.0660. The van der Waals surface area contributed by atoms with E-state index in [1.807, 2.05) is 0 Å². The van der Waals surface area contributed by atoms with Gasteiger partial charge in [-0.05, 0) is 44.4 Å². The van der Waals surface area contributed by atoms with Crippen LogP contribution in [0.25, 0.3) is 0 Å². The molecule has 1 saturated heterocycles. The number of carboxylic acids is 1. The van der Waals surface area contributed by atoms with Crippen LogP contribution in [0, 0.1) is 5.92 Å². The third-order valence-electron chi connectivity index (χ3n) is 4.88. The Bertz CT molecular complexity index is 373. The lowest BCUT2D eigenvalue weighted by Gasteiger charge is -2.36. The highest BCUT2D eigenvalue weighted by Crippen LogP contribution is 2.24. The van der Waals surface area contributed by atoms with Crippen molar-refractivity contribution in [2.75, 3.05) is 6.54 Å². The smallest absolute Gasteiger partial charge is 0.317 e. The molecule has 0 radical (unpaired) electrons. The van der Waals surface area contributed by atoms with Crippen LogP contribution in [0.3, 0.4) is 0 Å². The van der Waals surface area contributed by atoms with E-state index in [9.17, 15) is 9.59 Å². The van der Waals surface area contributed by atoms with Crippen LogP contribution in [-0.2, 0) is 4.79 Å². The molecule has 2 N–H and O–H groups in total. The Morgan fingerprint density at radius 1 is 1.10 bits per heavy atom. The molecule has 1 saturated carbocycles. The molecule has 0 bridgehead atoms. The van der Waals surface area contributed by atoms with Gasteiger partial charge in [0.2, 0.25) is 0 Å². The quantitative estimate of drug-likeness (QED) is 0.787. The second-order valence-corrected chi connectivity index (χ2v) is 6.70. The standard InChI is InChI=1S/C16H28N2O3/c1-12-5-4-6-13(9-8-12)17-16(21)18-10-3-2-7-14(18)11-15(19)20/h12-14H,2-11H2,1H3,(H,17,21)(H,19,20). The first kappa shape index (κ1) is 16.1. The van der Waals surface area contributed by atoms with Crippen molar-refractivity contribution >= 4 is 12.0 Å². The third-order valence-corrected chi connectivity index (χ3v) is 4.88. The minimum absolute atomic E-state index is 0.0551. The number of aliphatic carboxylic acids is 1. The number of carbonyl (C=O) groups is 2. The Morgan fingerprint density at radius 3 is 2.67 bits per heavy atom. The number of likely N-dealkylation sites (tertiary alicyclic amines) is 1. The van der Waals surface area contributed by atoms with Gasteiger partial charge >= 0.3 is 12.0 Å². The highest BCUT2D eigenvalue weighted by molar-refractivity contribution is 5.76. The lowest BCUT2D eigenvalue weighted by atomic mass is 9.99. The van der Waals surface area contributed by atoms with Gasteiger partial charge in [0.1, 0.15) is 0 Å². The van der Waals surface area contributed by atoms with Gasteiger partial charge in [-0.1, -0.05) is 19.8 Å². The Hall–Kier alpha value is -1.26. The van der Waals surface area contributed by atoms with Gasteiger partial charge in [-0.2, -0.15) is 0 Å². The van der Waals surface area contributed by atoms with Crippen molar-refractivity contribution in [3.8, 4) is 0 Å². The normalized spacial score (nSPS) is 30.5. The van der Waals surface area contributed by atoms with Crippen LogP contribution in [0.2, 0.25) is 0 Å². The zero-order valence-electron chi connectivity index (χ0n) is 13.0. The summed E-state index contributed by atoms with van der Waals surface area (Å²) in [4.78, 5) is 25.2. The Balaban J connectivity index is 1.89. The van der Waals surface area contributed by atoms with Gasteiger partial charge in [0.05, 0.1) is 6.42 Å². The molecule has 0 aromatic heterocycles. The molecule has 0 aromatic rings. The van der Waals surface area contributed by atoms with Gasteiger partial charge in [-0.25, -0.2) is 4.79 Å². The number of hydrogen-bond donors (Lipinski definition) is 2. The summed E-state index contributed by atoms with van der Waals surface area (Å²) in [5.41, 5.74) is 0. The van der Waals surface area contributed by atoms with E-state index < -0.39 is 5.97 Å². The van der Waals surface area contributed by atoms with Crippen molar-refractivity contribution in [2.45, 2.75) is 76.8 Å². The average molecular weight is 296 g/mol. The molecule has 5 nitrogen and oxygen atoms in total. The molecule has 2 fully saturated rings. The molecule has 0 spiro atoms. The van der Waals surface area contributed by atoms with E-state index in [4.69, 9.17) is 5.11 Å². The van der Waals surface area contributed by atoms with Crippen molar-refractivity contribution in [2.24, 2.45) is 5.92 Å². The van der Waals surface area contributed by atoms with Crippen molar-refractivity contribution in [3.63, 3.8) is 0 Å². The SMILES string of the molecule is CC1CCCC(NC(=O)N2CCCCC2CC(=O)O)CC1. The monoisotopic (exact) mass is 296 g/mol. The summed E-state index contributed by atoms with van der Waals surface area (Å²) >= 11 is 0. The Kier molecular flexibility index (Phi) is 5.88. The number of nitrogens with one attached hydrogen (secondary N) is 1. The van der Waals surface area contributed by atoms with E-state index in [1.165, 1.54) is 19.3 Å². The molecule has 120 valence electrons. The van der Waals surface area contributed by atoms with E-state index in [0.29, 0.717) is 6.54 Å². The second-order valence-electron chi connectivity index (χ2n) is 6.70. The van der Waals surface area contributed by atoms with Gasteiger partial charge in [0.25, 0.3) is 0 Å². The molecule has 2 amide bonds. The predicted octanol–water partition coefficient (Wildman–Crippen LogP) is 2.99. The van der Waals surface area contributed by atoms with E-state index in [2.05, 4.69) is 12.2 Å². The number of nitrogens with zero attached hydrogens (tertiary/aromatic N) is 1. The maximum Gasteiger partial charge on any atom is 0.317 e. The summed E-state index contributed by atoms with van der Waals surface area (Å²) in [6.45, 7) is 2.96. The van der Waals surface area contributed by atoms with Gasteiger partial charge < -0.3 is 15.3 Å². The molecule has 21 heavy (non-hydrogen) atoms. The number of carboxylic acid groups (broad SMARTS) is 1. The number of piperidine rings is 1. The molecule has 0 aromatic carbocycles. The van der Waals surface area contributed by atoms with Crippen molar-refractivity contribution in [3.05, 3.63) is 0 Å². The number of carbonyl (C=O) groups excluding carboxylic acids is 1. The largest absolute Gasteiger partial charge is 0.481 e. The lowest BCUT2D eigenvalue weighted by Crippen LogP contribution is -2.51. The molecule has 5 heteroatoms. The number of hydrogen-bond acceptors (Lipinski definition) is 2. The van der Waals surface area contributed by atoms with Crippen molar-refractivity contribution < 1.29 is 14.7 Å². The molecule has 1 aliphatic heterocycles. The number of rotatable bonds is 3. The summed E-state index contributed by atoms with van der Waals surface area (Å²) in [6.07, 6.45) is 8.55. The van der Waals surface area contributed by atoms with Crippen molar-refractivity contribution in [1.82, 2.24) is 10.2 Å². The topological polar surface area (TPSA) is 69.6 Å². The number of amides is 2. The highest BCUT2D eigenvalue weighted by Gasteiger charge is 2.29. The molecule has 2 aliphatic rings. The fourth-order valence-electron chi connectivity index (χ4n) is 3.57. The fourth-order valence-corrected chi connectivity index (χ4v) is 3.57. The van der Waals surface area contributed by atoms with Crippen LogP contribution in [0.1, 0.15) is 64.7 Å². The van der Waals surface area contributed by atoms with Crippen LogP contribution in [0.5, 0.6) is 0 Å². The van der Waals surface area contributed by atoms with Crippen LogP contribution in [0.4, 0.5) is 4.79 Å². The summed E-state index contributed by atoms with van der Waals surface area (Å²) in [7, 11) is 0. The molecule has 3 unspecified atom stereocenters. The van der Waals surface area contributed by atoms with Crippen LogP contribution >= 0.6 is 0 Å². The first-order chi connectivity index (χ1) is 10.1. The first-order valence-corrected chi connectivity index (χ1v) is 8.35. The maximum absolute atomic E-state index is 12.5. The molecule has 2 rings (SSSR count). The van der Waals surface area contributed by atoms with E-state index in [-0.39, 0.29) is 24.5 Å². The fraction of sp³-hybridized carbons (Fsp3) is 0.875. The summed E-state index contributed by atoms with van der Waals surface area (Å²) < 4.78 is 0. The minimum atomic E-state index is -0.817. The molecule has 3 atom stereocenters. The van der Waals surface area contributed by atoms with Crippen LogP contribution < -0.4 is 5.32 Å². The second kappa shape index (κ2) is 7.66. The highest BCUT2D eigenvalue weighted by atomic mass is 16.4. The number of urea groups is 1. The average Bonchev–Trinajstić information content (AvgIpc) is 2.63. The summed E-state index contributed by atoms with van der Waals surface area (Å²) in [5.74, 6) is -0.0651. The van der Waals surface area contributed by atoms with Crippen LogP contribution in [0.15, 0.2) is 0 Å². The third kappa shape index (κ3) is 4.90. The zero-order valence-corrected chi connectivity index (χ0v) is 13.0. The van der Waals surface area contributed by atoms with Crippen LogP contribution in [-0.4, -0.2) is 40.6 Å². The molecular weight excluding hydrogens is 268 g/mol. The predicted molar refractivity (Wildman–Crippen MR) is 81.2 cm³/mol.